The Morgan fingerprint density at radius 2 is 2.00 bits per heavy atom. The van der Waals surface area contributed by atoms with Crippen LogP contribution in [-0.4, -0.2) is 68.2 Å². The number of rotatable bonds is 6. The SMILES string of the molecule is CN=C(NCC(C)Oc1ccccc1Cl)N1CCC(CN2CCCCC2)C1.I. The normalized spacial score (nSPS) is 21.9. The molecule has 5 nitrogen and oxygen atoms in total. The number of para-hydroxylation sites is 1. The highest BCUT2D eigenvalue weighted by Crippen LogP contribution is 2.24. The lowest BCUT2D eigenvalue weighted by molar-refractivity contribution is 0.197. The molecule has 2 atom stereocenters. The van der Waals surface area contributed by atoms with Crippen molar-refractivity contribution in [2.45, 2.75) is 38.7 Å². The van der Waals surface area contributed by atoms with Crippen molar-refractivity contribution in [1.29, 1.82) is 0 Å². The third-order valence-corrected chi connectivity index (χ3v) is 5.79. The maximum absolute atomic E-state index is 6.18. The highest BCUT2D eigenvalue weighted by molar-refractivity contribution is 14.0. The van der Waals surface area contributed by atoms with Gasteiger partial charge in [-0.25, -0.2) is 0 Å². The molecule has 0 aromatic heterocycles. The minimum Gasteiger partial charge on any atom is -0.487 e. The number of hydrogen-bond donors (Lipinski definition) is 1. The van der Waals surface area contributed by atoms with E-state index in [9.17, 15) is 0 Å². The van der Waals surface area contributed by atoms with Gasteiger partial charge in [-0.05, 0) is 57.3 Å². The van der Waals surface area contributed by atoms with Gasteiger partial charge in [-0.3, -0.25) is 4.99 Å². The molecule has 1 aromatic carbocycles. The van der Waals surface area contributed by atoms with Gasteiger partial charge < -0.3 is 19.9 Å². The Bertz CT molecular complexity index is 624. The molecule has 2 fully saturated rings. The lowest BCUT2D eigenvalue weighted by atomic mass is 10.1. The van der Waals surface area contributed by atoms with E-state index >= 15 is 0 Å². The van der Waals surface area contributed by atoms with Crippen LogP contribution < -0.4 is 10.1 Å². The topological polar surface area (TPSA) is 40.1 Å². The fraction of sp³-hybridized carbons (Fsp3) is 0.667. The summed E-state index contributed by atoms with van der Waals surface area (Å²) >= 11 is 6.18. The number of halogens is 2. The summed E-state index contributed by atoms with van der Waals surface area (Å²) in [6, 6.07) is 7.60. The predicted molar refractivity (Wildman–Crippen MR) is 128 cm³/mol. The van der Waals surface area contributed by atoms with Gasteiger partial charge in [-0.2, -0.15) is 0 Å². The number of benzene rings is 1. The van der Waals surface area contributed by atoms with Crippen LogP contribution in [0.3, 0.4) is 0 Å². The molecule has 28 heavy (non-hydrogen) atoms. The first kappa shape index (κ1) is 23.5. The lowest BCUT2D eigenvalue weighted by Crippen LogP contribution is -2.44. The Kier molecular flexibility index (Phi) is 10.2. The number of nitrogens with one attached hydrogen (secondary N) is 1. The second kappa shape index (κ2) is 12.1. The van der Waals surface area contributed by atoms with Gasteiger partial charge in [0.15, 0.2) is 5.96 Å². The van der Waals surface area contributed by atoms with E-state index in [2.05, 4.69) is 20.1 Å². The smallest absolute Gasteiger partial charge is 0.193 e. The first-order valence-electron chi connectivity index (χ1n) is 10.2. The Hall–Kier alpha value is -0.730. The average molecular weight is 521 g/mol. The molecule has 2 aliphatic rings. The summed E-state index contributed by atoms with van der Waals surface area (Å²) in [6.07, 6.45) is 5.39. The highest BCUT2D eigenvalue weighted by atomic mass is 127. The Labute approximate surface area is 191 Å². The molecule has 158 valence electrons. The zero-order chi connectivity index (χ0) is 19.1. The van der Waals surface area contributed by atoms with Crippen molar-refractivity contribution in [3.8, 4) is 5.75 Å². The van der Waals surface area contributed by atoms with Crippen molar-refractivity contribution in [1.82, 2.24) is 15.1 Å². The number of hydrogen-bond acceptors (Lipinski definition) is 3. The van der Waals surface area contributed by atoms with Gasteiger partial charge in [-0.15, -0.1) is 24.0 Å². The molecule has 2 saturated heterocycles. The van der Waals surface area contributed by atoms with E-state index in [-0.39, 0.29) is 30.1 Å². The summed E-state index contributed by atoms with van der Waals surface area (Å²) in [5, 5.41) is 4.12. The maximum Gasteiger partial charge on any atom is 0.193 e. The van der Waals surface area contributed by atoms with Gasteiger partial charge in [0.05, 0.1) is 11.6 Å². The second-order valence-corrected chi connectivity index (χ2v) is 8.16. The molecule has 1 aromatic rings. The zero-order valence-corrected chi connectivity index (χ0v) is 20.2. The molecule has 0 aliphatic carbocycles. The molecule has 0 bridgehead atoms. The maximum atomic E-state index is 6.18. The first-order valence-corrected chi connectivity index (χ1v) is 10.6. The molecule has 0 amide bonds. The van der Waals surface area contributed by atoms with Gasteiger partial charge in [-0.1, -0.05) is 30.2 Å². The summed E-state index contributed by atoms with van der Waals surface area (Å²) in [6.45, 7) is 8.71. The number of aliphatic imine (C=N–C) groups is 1. The van der Waals surface area contributed by atoms with Crippen LogP contribution in [0.5, 0.6) is 5.75 Å². The monoisotopic (exact) mass is 520 g/mol. The minimum absolute atomic E-state index is 0. The Morgan fingerprint density at radius 1 is 1.25 bits per heavy atom. The third kappa shape index (κ3) is 6.95. The van der Waals surface area contributed by atoms with Crippen LogP contribution in [0.4, 0.5) is 0 Å². The Balaban J connectivity index is 0.00000280. The summed E-state index contributed by atoms with van der Waals surface area (Å²) < 4.78 is 5.95. The zero-order valence-electron chi connectivity index (χ0n) is 17.1. The lowest BCUT2D eigenvalue weighted by Gasteiger charge is -2.29. The molecule has 2 unspecified atom stereocenters. The van der Waals surface area contributed by atoms with E-state index < -0.39 is 0 Å². The molecule has 0 spiro atoms. The van der Waals surface area contributed by atoms with Crippen molar-refractivity contribution in [2.75, 3.05) is 46.3 Å². The van der Waals surface area contributed by atoms with Crippen molar-refractivity contribution in [3.05, 3.63) is 29.3 Å². The Morgan fingerprint density at radius 3 is 2.71 bits per heavy atom. The van der Waals surface area contributed by atoms with Crippen molar-refractivity contribution >= 4 is 41.5 Å². The predicted octanol–water partition coefficient (Wildman–Crippen LogP) is 4.11. The van der Waals surface area contributed by atoms with Crippen LogP contribution in [0.25, 0.3) is 0 Å². The van der Waals surface area contributed by atoms with Crippen molar-refractivity contribution < 1.29 is 4.74 Å². The van der Waals surface area contributed by atoms with Gasteiger partial charge in [0.2, 0.25) is 0 Å². The van der Waals surface area contributed by atoms with Crippen LogP contribution in [0.15, 0.2) is 29.3 Å². The summed E-state index contributed by atoms with van der Waals surface area (Å²) in [5.41, 5.74) is 0. The van der Waals surface area contributed by atoms with Crippen LogP contribution in [0.2, 0.25) is 5.02 Å². The number of guanidine groups is 1. The molecule has 0 radical (unpaired) electrons. The standard InChI is InChI=1S/C21H33ClN4O.HI/c1-17(27-20-9-5-4-8-19(20)22)14-24-21(23-2)26-13-10-18(16-26)15-25-11-6-3-7-12-25;/h4-5,8-9,17-18H,3,6-7,10-16H2,1-2H3,(H,23,24);1H. The van der Waals surface area contributed by atoms with E-state index in [1.807, 2.05) is 38.2 Å². The summed E-state index contributed by atoms with van der Waals surface area (Å²) in [5.74, 6) is 2.45. The molecule has 7 heteroatoms. The van der Waals surface area contributed by atoms with E-state index in [4.69, 9.17) is 16.3 Å². The quantitative estimate of drug-likeness (QED) is 0.348. The highest BCUT2D eigenvalue weighted by Gasteiger charge is 2.27. The molecule has 3 rings (SSSR count). The largest absolute Gasteiger partial charge is 0.487 e. The molecule has 0 saturated carbocycles. The molecule has 2 aliphatic heterocycles. The average Bonchev–Trinajstić information content (AvgIpc) is 3.13. The number of nitrogens with zero attached hydrogens (tertiary/aromatic N) is 3. The molecule has 2 heterocycles. The van der Waals surface area contributed by atoms with Crippen LogP contribution in [-0.2, 0) is 0 Å². The molecular formula is C21H34ClIN4O. The van der Waals surface area contributed by atoms with E-state index in [0.29, 0.717) is 11.6 Å². The van der Waals surface area contributed by atoms with Crippen LogP contribution >= 0.6 is 35.6 Å². The van der Waals surface area contributed by atoms with E-state index in [1.54, 1.807) is 0 Å². The van der Waals surface area contributed by atoms with Gasteiger partial charge in [0, 0.05) is 26.7 Å². The van der Waals surface area contributed by atoms with Crippen molar-refractivity contribution in [3.63, 3.8) is 0 Å². The fourth-order valence-electron chi connectivity index (χ4n) is 4.05. The molecule has 1 N–H and O–H groups in total. The fourth-order valence-corrected chi connectivity index (χ4v) is 4.23. The van der Waals surface area contributed by atoms with Gasteiger partial charge in [0.25, 0.3) is 0 Å². The number of ether oxygens (including phenoxy) is 1. The second-order valence-electron chi connectivity index (χ2n) is 7.75. The minimum atomic E-state index is 0. The molecular weight excluding hydrogens is 487 g/mol. The third-order valence-electron chi connectivity index (χ3n) is 5.47. The van der Waals surface area contributed by atoms with Crippen molar-refractivity contribution in [2.24, 2.45) is 10.9 Å². The first-order chi connectivity index (χ1) is 13.2. The van der Waals surface area contributed by atoms with Crippen LogP contribution in [0, 0.1) is 5.92 Å². The number of piperidine rings is 1. The van der Waals surface area contributed by atoms with E-state index in [0.717, 1.165) is 30.7 Å². The van der Waals surface area contributed by atoms with Crippen LogP contribution in [0.1, 0.15) is 32.6 Å². The van der Waals surface area contributed by atoms with E-state index in [1.165, 1.54) is 45.3 Å². The summed E-state index contributed by atoms with van der Waals surface area (Å²) in [7, 11) is 1.86. The van der Waals surface area contributed by atoms with Gasteiger partial charge >= 0.3 is 0 Å². The number of likely N-dealkylation sites (tertiary alicyclic amines) is 2. The van der Waals surface area contributed by atoms with Gasteiger partial charge in [0.1, 0.15) is 11.9 Å². The summed E-state index contributed by atoms with van der Waals surface area (Å²) in [4.78, 5) is 9.52.